The van der Waals surface area contributed by atoms with E-state index >= 15 is 0 Å². The molecular weight excluding hydrogens is 188 g/mol. The lowest BCUT2D eigenvalue weighted by molar-refractivity contribution is -0.160. The van der Waals surface area contributed by atoms with Gasteiger partial charge in [0.05, 0.1) is 14.2 Å². The molecule has 0 heterocycles. The van der Waals surface area contributed by atoms with Crippen LogP contribution in [0.15, 0.2) is 0 Å². The molecule has 0 saturated carbocycles. The molecule has 0 amide bonds. The van der Waals surface area contributed by atoms with Crippen LogP contribution in [0.3, 0.4) is 0 Å². The number of carbonyl (C=O) groups excluding carboxylic acids is 3. The van der Waals surface area contributed by atoms with Crippen LogP contribution in [0.1, 0.15) is 19.8 Å². The number of methoxy groups -OCH3 is 2. The van der Waals surface area contributed by atoms with Gasteiger partial charge in [0.2, 0.25) is 0 Å². The van der Waals surface area contributed by atoms with Crippen LogP contribution in [0.4, 0.5) is 0 Å². The van der Waals surface area contributed by atoms with E-state index in [0.29, 0.717) is 12.8 Å². The van der Waals surface area contributed by atoms with Crippen LogP contribution in [0, 0.1) is 5.92 Å². The molecule has 1 atom stereocenters. The molecule has 80 valence electrons. The molecule has 0 fully saturated rings. The zero-order chi connectivity index (χ0) is 11.1. The highest BCUT2D eigenvalue weighted by Crippen LogP contribution is 2.10. The summed E-state index contributed by atoms with van der Waals surface area (Å²) in [5, 5.41) is 0. The highest BCUT2D eigenvalue weighted by Gasteiger charge is 2.32. The zero-order valence-electron chi connectivity index (χ0n) is 8.53. The molecule has 0 aromatic heterocycles. The molecule has 0 unspecified atom stereocenters. The lowest BCUT2D eigenvalue weighted by Gasteiger charge is -2.10. The maximum atomic E-state index is 11.3. The molecule has 0 aromatic carbocycles. The average molecular weight is 202 g/mol. The molecule has 0 N–H and O–H groups in total. The summed E-state index contributed by atoms with van der Waals surface area (Å²) in [6.45, 7) is 1.81. The summed E-state index contributed by atoms with van der Waals surface area (Å²) in [4.78, 5) is 33.3. The largest absolute Gasteiger partial charge is 0.468 e. The number of carbonyl (C=O) groups is 3. The van der Waals surface area contributed by atoms with Gasteiger partial charge in [0, 0.05) is 0 Å². The number of esters is 2. The molecule has 0 radical (unpaired) electrons. The first kappa shape index (κ1) is 12.6. The van der Waals surface area contributed by atoms with E-state index in [1.165, 1.54) is 7.11 Å². The van der Waals surface area contributed by atoms with Crippen molar-refractivity contribution in [1.29, 1.82) is 0 Å². The summed E-state index contributed by atoms with van der Waals surface area (Å²) in [5.41, 5.74) is 0. The van der Waals surface area contributed by atoms with Crippen molar-refractivity contribution in [3.8, 4) is 0 Å². The molecular formula is C9H14O5. The number of Topliss-reactive ketones (excluding diaryl/α,β-unsaturated/α-hetero) is 1. The van der Waals surface area contributed by atoms with Gasteiger partial charge < -0.3 is 9.47 Å². The molecule has 5 nitrogen and oxygen atoms in total. The molecule has 0 saturated heterocycles. The van der Waals surface area contributed by atoms with Gasteiger partial charge in [-0.05, 0) is 6.42 Å². The fraction of sp³-hybridized carbons (Fsp3) is 0.667. The Bertz CT molecular complexity index is 233. The van der Waals surface area contributed by atoms with Crippen molar-refractivity contribution in [2.24, 2.45) is 5.92 Å². The monoisotopic (exact) mass is 202 g/mol. The summed E-state index contributed by atoms with van der Waals surface area (Å²) in [6, 6.07) is 0. The van der Waals surface area contributed by atoms with Gasteiger partial charge >= 0.3 is 11.9 Å². The maximum Gasteiger partial charge on any atom is 0.375 e. The lowest BCUT2D eigenvalue weighted by atomic mass is 9.99. The molecule has 0 aliphatic heterocycles. The molecule has 0 aliphatic rings. The summed E-state index contributed by atoms with van der Waals surface area (Å²) in [7, 11) is 2.27. The Morgan fingerprint density at radius 3 is 2.07 bits per heavy atom. The minimum Gasteiger partial charge on any atom is -0.468 e. The number of hydrogen-bond acceptors (Lipinski definition) is 5. The molecule has 0 aromatic rings. The predicted molar refractivity (Wildman–Crippen MR) is 47.4 cm³/mol. The minimum atomic E-state index is -1.03. The Morgan fingerprint density at radius 1 is 1.14 bits per heavy atom. The fourth-order valence-electron chi connectivity index (χ4n) is 1.03. The third kappa shape index (κ3) is 3.16. The van der Waals surface area contributed by atoms with Crippen molar-refractivity contribution < 1.29 is 23.9 Å². The first-order valence-corrected chi connectivity index (χ1v) is 4.28. The number of hydrogen-bond donors (Lipinski definition) is 0. The van der Waals surface area contributed by atoms with Gasteiger partial charge in [-0.2, -0.15) is 0 Å². The van der Waals surface area contributed by atoms with E-state index < -0.39 is 23.6 Å². The Morgan fingerprint density at radius 2 is 1.71 bits per heavy atom. The van der Waals surface area contributed by atoms with Crippen LogP contribution in [0.2, 0.25) is 0 Å². The first-order chi connectivity index (χ1) is 6.58. The van der Waals surface area contributed by atoms with Crippen LogP contribution in [-0.4, -0.2) is 31.9 Å². The third-order valence-electron chi connectivity index (χ3n) is 1.77. The smallest absolute Gasteiger partial charge is 0.375 e. The van der Waals surface area contributed by atoms with E-state index in [2.05, 4.69) is 9.47 Å². The van der Waals surface area contributed by atoms with E-state index in [1.54, 1.807) is 6.92 Å². The highest BCUT2D eigenvalue weighted by atomic mass is 16.5. The van der Waals surface area contributed by atoms with Crippen LogP contribution in [0.25, 0.3) is 0 Å². The zero-order valence-corrected chi connectivity index (χ0v) is 8.53. The fourth-order valence-corrected chi connectivity index (χ4v) is 1.03. The van der Waals surface area contributed by atoms with E-state index in [0.717, 1.165) is 7.11 Å². The predicted octanol–water partition coefficient (Wildman–Crippen LogP) is 0.318. The SMILES string of the molecule is CCC[C@@H](C(=O)OC)C(=O)C(=O)OC. The van der Waals surface area contributed by atoms with Crippen molar-refractivity contribution in [3.63, 3.8) is 0 Å². The quantitative estimate of drug-likeness (QED) is 0.364. The topological polar surface area (TPSA) is 69.7 Å². The molecule has 0 rings (SSSR count). The summed E-state index contributed by atoms with van der Waals surface area (Å²) in [6.07, 6.45) is 0.906. The number of ether oxygens (including phenoxy) is 2. The first-order valence-electron chi connectivity index (χ1n) is 4.28. The van der Waals surface area contributed by atoms with Gasteiger partial charge in [0.25, 0.3) is 5.78 Å². The normalized spacial score (nSPS) is 11.6. The Kier molecular flexibility index (Phi) is 5.52. The maximum absolute atomic E-state index is 11.3. The number of rotatable bonds is 5. The van der Waals surface area contributed by atoms with Crippen molar-refractivity contribution in [1.82, 2.24) is 0 Å². The molecule has 0 bridgehead atoms. The van der Waals surface area contributed by atoms with E-state index in [1.807, 2.05) is 0 Å². The van der Waals surface area contributed by atoms with Gasteiger partial charge in [-0.15, -0.1) is 0 Å². The van der Waals surface area contributed by atoms with Crippen LogP contribution >= 0.6 is 0 Å². The second-order valence-electron chi connectivity index (χ2n) is 2.72. The Hall–Kier alpha value is -1.39. The Labute approximate surface area is 82.4 Å². The molecule has 5 heteroatoms. The number of ketones is 1. The molecule has 0 spiro atoms. The Balaban J connectivity index is 4.56. The van der Waals surface area contributed by atoms with Gasteiger partial charge in [-0.25, -0.2) is 4.79 Å². The molecule has 14 heavy (non-hydrogen) atoms. The van der Waals surface area contributed by atoms with Crippen LogP contribution < -0.4 is 0 Å². The lowest BCUT2D eigenvalue weighted by Crippen LogP contribution is -2.31. The summed E-state index contributed by atoms with van der Waals surface area (Å²) < 4.78 is 8.65. The third-order valence-corrected chi connectivity index (χ3v) is 1.77. The van der Waals surface area contributed by atoms with Crippen molar-refractivity contribution in [3.05, 3.63) is 0 Å². The van der Waals surface area contributed by atoms with Gasteiger partial charge in [0.1, 0.15) is 5.92 Å². The van der Waals surface area contributed by atoms with Gasteiger partial charge in [-0.3, -0.25) is 9.59 Å². The van der Waals surface area contributed by atoms with Crippen molar-refractivity contribution >= 4 is 17.7 Å². The standard InChI is InChI=1S/C9H14O5/c1-4-5-6(8(11)13-2)7(10)9(12)14-3/h6H,4-5H2,1-3H3/t6-/m1/s1. The summed E-state index contributed by atoms with van der Waals surface area (Å²) >= 11 is 0. The van der Waals surface area contributed by atoms with Crippen LogP contribution in [0.5, 0.6) is 0 Å². The summed E-state index contributed by atoms with van der Waals surface area (Å²) in [5.74, 6) is -3.57. The second-order valence-corrected chi connectivity index (χ2v) is 2.72. The van der Waals surface area contributed by atoms with Gasteiger partial charge in [0.15, 0.2) is 0 Å². The van der Waals surface area contributed by atoms with Crippen LogP contribution in [-0.2, 0) is 23.9 Å². The van der Waals surface area contributed by atoms with E-state index in [-0.39, 0.29) is 0 Å². The van der Waals surface area contributed by atoms with E-state index in [4.69, 9.17) is 0 Å². The second kappa shape index (κ2) is 6.12. The van der Waals surface area contributed by atoms with Gasteiger partial charge in [-0.1, -0.05) is 13.3 Å². The van der Waals surface area contributed by atoms with Crippen molar-refractivity contribution in [2.45, 2.75) is 19.8 Å². The van der Waals surface area contributed by atoms with E-state index in [9.17, 15) is 14.4 Å². The highest BCUT2D eigenvalue weighted by molar-refractivity contribution is 6.37. The van der Waals surface area contributed by atoms with Crippen molar-refractivity contribution in [2.75, 3.05) is 14.2 Å². The molecule has 0 aliphatic carbocycles. The minimum absolute atomic E-state index is 0.292. The average Bonchev–Trinajstić information content (AvgIpc) is 2.22.